The Kier molecular flexibility index (Phi) is 6.42. The predicted molar refractivity (Wildman–Crippen MR) is 92.9 cm³/mol. The fourth-order valence-electron chi connectivity index (χ4n) is 3.57. The molecule has 1 aliphatic heterocycles. The molecule has 1 saturated carbocycles. The molecule has 3 atom stereocenters. The molecule has 1 saturated heterocycles. The zero-order valence-corrected chi connectivity index (χ0v) is 15.1. The highest BCUT2D eigenvalue weighted by atomic mass is 16.5. The van der Waals surface area contributed by atoms with Crippen molar-refractivity contribution in [2.45, 2.75) is 83.1 Å². The molecule has 0 bridgehead atoms. The second kappa shape index (κ2) is 8.76. The predicted octanol–water partition coefficient (Wildman–Crippen LogP) is 1.45. The minimum atomic E-state index is -0.311. The number of nitrogens with one attached hydrogen (secondary N) is 1. The van der Waals surface area contributed by atoms with Crippen LogP contribution in [0, 0.1) is 5.92 Å². The molecule has 3 rings (SSSR count). The molecule has 2 heterocycles. The Labute approximate surface area is 149 Å². The third kappa shape index (κ3) is 4.79. The van der Waals surface area contributed by atoms with Crippen molar-refractivity contribution in [1.82, 2.24) is 20.3 Å². The van der Waals surface area contributed by atoms with Crippen LogP contribution >= 0.6 is 0 Å². The largest absolute Gasteiger partial charge is 0.394 e. The fraction of sp³-hybridized carbons (Fsp3) is 0.833. The highest BCUT2D eigenvalue weighted by Crippen LogP contribution is 2.28. The van der Waals surface area contributed by atoms with Crippen LogP contribution < -0.4 is 5.32 Å². The van der Waals surface area contributed by atoms with Gasteiger partial charge in [0.15, 0.2) is 0 Å². The molecule has 0 unspecified atom stereocenters. The maximum Gasteiger partial charge on any atom is 0.223 e. The normalized spacial score (nSPS) is 27.0. The van der Waals surface area contributed by atoms with Crippen LogP contribution in [0.3, 0.4) is 0 Å². The number of amides is 1. The molecule has 1 aromatic rings. The van der Waals surface area contributed by atoms with Crippen LogP contribution in [-0.2, 0) is 22.5 Å². The highest BCUT2D eigenvalue weighted by Gasteiger charge is 2.34. The lowest BCUT2D eigenvalue weighted by atomic mass is 9.84. The van der Waals surface area contributed by atoms with E-state index in [9.17, 15) is 9.90 Å². The Morgan fingerprint density at radius 2 is 2.24 bits per heavy atom. The number of aliphatic hydroxyl groups is 1. The van der Waals surface area contributed by atoms with E-state index in [1.807, 2.05) is 10.9 Å². The number of rotatable bonds is 8. The number of carbonyl (C=O) groups excluding carboxylic acids is 1. The number of ether oxygens (including phenoxy) is 1. The van der Waals surface area contributed by atoms with Gasteiger partial charge in [0.1, 0.15) is 6.10 Å². The molecule has 2 N–H and O–H groups in total. The number of hydrogen-bond donors (Lipinski definition) is 2. The van der Waals surface area contributed by atoms with Crippen molar-refractivity contribution in [2.75, 3.05) is 6.61 Å². The van der Waals surface area contributed by atoms with Crippen LogP contribution in [0.25, 0.3) is 0 Å². The van der Waals surface area contributed by atoms with E-state index in [-0.39, 0.29) is 36.7 Å². The van der Waals surface area contributed by atoms with Crippen molar-refractivity contribution in [3.05, 3.63) is 11.9 Å². The van der Waals surface area contributed by atoms with Gasteiger partial charge in [0.25, 0.3) is 0 Å². The van der Waals surface area contributed by atoms with Crippen molar-refractivity contribution in [3.8, 4) is 0 Å². The molecule has 2 fully saturated rings. The highest BCUT2D eigenvalue weighted by molar-refractivity contribution is 5.79. The lowest BCUT2D eigenvalue weighted by Gasteiger charge is -2.37. The Bertz CT molecular complexity index is 558. The second-order valence-corrected chi connectivity index (χ2v) is 7.31. The van der Waals surface area contributed by atoms with Gasteiger partial charge in [-0.15, -0.1) is 5.10 Å². The molecule has 1 amide bonds. The summed E-state index contributed by atoms with van der Waals surface area (Å²) in [5.74, 6) is 0.296. The smallest absolute Gasteiger partial charge is 0.223 e. The van der Waals surface area contributed by atoms with E-state index in [1.54, 1.807) is 0 Å². The first kappa shape index (κ1) is 18.3. The van der Waals surface area contributed by atoms with Gasteiger partial charge in [-0.3, -0.25) is 9.48 Å². The minimum absolute atomic E-state index is 0.0594. The molecule has 1 aliphatic carbocycles. The van der Waals surface area contributed by atoms with Gasteiger partial charge < -0.3 is 15.2 Å². The van der Waals surface area contributed by atoms with Gasteiger partial charge in [-0.2, -0.15) is 0 Å². The summed E-state index contributed by atoms with van der Waals surface area (Å²) in [6.45, 7) is 2.83. The fourth-order valence-corrected chi connectivity index (χ4v) is 3.57. The van der Waals surface area contributed by atoms with Crippen molar-refractivity contribution in [1.29, 1.82) is 0 Å². The maximum atomic E-state index is 12.1. The lowest BCUT2D eigenvalue weighted by molar-refractivity contribution is -0.134. The number of nitrogens with zero attached hydrogens (tertiary/aromatic N) is 3. The third-order valence-electron chi connectivity index (χ3n) is 5.37. The summed E-state index contributed by atoms with van der Waals surface area (Å²) in [6.07, 6.45) is 9.51. The SMILES string of the molecule is CCCc1cn(CC[C@H]2CC[C@@H](NC(=O)C3CCC3)[C@@H](CO)O2)nn1. The van der Waals surface area contributed by atoms with Gasteiger partial charge in [0.2, 0.25) is 5.91 Å². The molecule has 0 aromatic carbocycles. The maximum absolute atomic E-state index is 12.1. The lowest BCUT2D eigenvalue weighted by Crippen LogP contribution is -2.52. The number of aryl methyl sites for hydroxylation is 2. The van der Waals surface area contributed by atoms with E-state index in [0.29, 0.717) is 0 Å². The zero-order chi connectivity index (χ0) is 17.6. The number of carbonyl (C=O) groups is 1. The van der Waals surface area contributed by atoms with Gasteiger partial charge in [-0.25, -0.2) is 0 Å². The third-order valence-corrected chi connectivity index (χ3v) is 5.37. The molecule has 7 nitrogen and oxygen atoms in total. The van der Waals surface area contributed by atoms with Gasteiger partial charge in [-0.1, -0.05) is 25.0 Å². The molecule has 7 heteroatoms. The summed E-state index contributed by atoms with van der Waals surface area (Å²) in [4.78, 5) is 12.1. The molecule has 2 aliphatic rings. The average Bonchev–Trinajstić information content (AvgIpc) is 3.00. The topological polar surface area (TPSA) is 89.3 Å². The van der Waals surface area contributed by atoms with E-state index in [2.05, 4.69) is 22.6 Å². The average molecular weight is 350 g/mol. The van der Waals surface area contributed by atoms with E-state index in [0.717, 1.165) is 63.6 Å². The van der Waals surface area contributed by atoms with Gasteiger partial charge in [0.05, 0.1) is 24.4 Å². The van der Waals surface area contributed by atoms with Crippen molar-refractivity contribution < 1.29 is 14.6 Å². The number of aromatic nitrogens is 3. The van der Waals surface area contributed by atoms with E-state index >= 15 is 0 Å². The summed E-state index contributed by atoms with van der Waals surface area (Å²) < 4.78 is 7.90. The monoisotopic (exact) mass is 350 g/mol. The summed E-state index contributed by atoms with van der Waals surface area (Å²) in [7, 11) is 0. The van der Waals surface area contributed by atoms with Crippen LogP contribution in [0.1, 0.15) is 57.6 Å². The molecule has 25 heavy (non-hydrogen) atoms. The van der Waals surface area contributed by atoms with Crippen LogP contribution in [0.5, 0.6) is 0 Å². The standard InChI is InChI=1S/C18H30N4O3/c1-2-4-14-11-22(21-20-14)10-9-15-7-8-16(17(12-23)25-15)19-18(24)13-5-3-6-13/h11,13,15-17,23H,2-10,12H2,1H3,(H,19,24)/t15-,16-,17-/m1/s1. The van der Waals surface area contributed by atoms with Crippen LogP contribution in [0.4, 0.5) is 0 Å². The number of aliphatic hydroxyl groups excluding tert-OH is 1. The second-order valence-electron chi connectivity index (χ2n) is 7.31. The van der Waals surface area contributed by atoms with Gasteiger partial charge in [0, 0.05) is 18.7 Å². The molecule has 1 aromatic heterocycles. The first-order valence-electron chi connectivity index (χ1n) is 9.65. The summed E-state index contributed by atoms with van der Waals surface area (Å²) in [6, 6.07) is -0.0723. The number of hydrogen-bond acceptors (Lipinski definition) is 5. The zero-order valence-electron chi connectivity index (χ0n) is 15.1. The first-order chi connectivity index (χ1) is 12.2. The Morgan fingerprint density at radius 1 is 1.40 bits per heavy atom. The van der Waals surface area contributed by atoms with Crippen molar-refractivity contribution in [2.24, 2.45) is 5.92 Å². The Balaban J connectivity index is 1.44. The summed E-state index contributed by atoms with van der Waals surface area (Å²) >= 11 is 0. The van der Waals surface area contributed by atoms with E-state index in [1.165, 1.54) is 0 Å². The van der Waals surface area contributed by atoms with Crippen molar-refractivity contribution in [3.63, 3.8) is 0 Å². The van der Waals surface area contributed by atoms with Crippen LogP contribution in [-0.4, -0.2) is 50.9 Å². The first-order valence-corrected chi connectivity index (χ1v) is 9.65. The van der Waals surface area contributed by atoms with Crippen LogP contribution in [0.15, 0.2) is 6.20 Å². The molecule has 0 radical (unpaired) electrons. The molecule has 0 spiro atoms. The molecular formula is C18H30N4O3. The molecule has 140 valence electrons. The Morgan fingerprint density at radius 3 is 2.92 bits per heavy atom. The molecular weight excluding hydrogens is 320 g/mol. The van der Waals surface area contributed by atoms with E-state index < -0.39 is 0 Å². The Hall–Kier alpha value is -1.47. The summed E-state index contributed by atoms with van der Waals surface area (Å²) in [5.41, 5.74) is 1.03. The van der Waals surface area contributed by atoms with E-state index in [4.69, 9.17) is 4.74 Å². The quantitative estimate of drug-likeness (QED) is 0.741. The van der Waals surface area contributed by atoms with Crippen molar-refractivity contribution >= 4 is 5.91 Å². The minimum Gasteiger partial charge on any atom is -0.394 e. The summed E-state index contributed by atoms with van der Waals surface area (Å²) in [5, 5.41) is 21.0. The van der Waals surface area contributed by atoms with Crippen LogP contribution in [0.2, 0.25) is 0 Å². The van der Waals surface area contributed by atoms with Gasteiger partial charge in [-0.05, 0) is 38.5 Å². The van der Waals surface area contributed by atoms with Gasteiger partial charge >= 0.3 is 0 Å².